The SMILES string of the molecule is CCOc1cc(CNCCSc2nnnn2-c2ccccc2)c(Cl)cc1OCc1ccc(Cl)c(Cl)c1. The second kappa shape index (κ2) is 13.2. The minimum Gasteiger partial charge on any atom is -0.490 e. The molecule has 1 N–H and O–H groups in total. The van der Waals surface area contributed by atoms with E-state index in [0.717, 1.165) is 34.3 Å². The molecule has 0 spiro atoms. The van der Waals surface area contributed by atoms with Crippen LogP contribution in [0, 0.1) is 0 Å². The maximum atomic E-state index is 6.56. The number of hydrogen-bond acceptors (Lipinski definition) is 7. The first-order valence-corrected chi connectivity index (χ1v) is 13.4. The second-order valence-electron chi connectivity index (χ2n) is 7.59. The maximum absolute atomic E-state index is 6.56. The van der Waals surface area contributed by atoms with Gasteiger partial charge < -0.3 is 14.8 Å². The summed E-state index contributed by atoms with van der Waals surface area (Å²) in [5.41, 5.74) is 2.74. The third kappa shape index (κ3) is 7.05. The number of tetrazole rings is 1. The number of aromatic nitrogens is 4. The predicted molar refractivity (Wildman–Crippen MR) is 145 cm³/mol. The smallest absolute Gasteiger partial charge is 0.214 e. The zero-order valence-corrected chi connectivity index (χ0v) is 22.5. The molecular formula is C25H24Cl3N5O2S. The Bertz CT molecular complexity index is 1290. The number of rotatable bonds is 12. The summed E-state index contributed by atoms with van der Waals surface area (Å²) in [6.07, 6.45) is 0. The quantitative estimate of drug-likeness (QED) is 0.156. The fraction of sp³-hybridized carbons (Fsp3) is 0.240. The predicted octanol–water partition coefficient (Wildman–Crippen LogP) is 6.48. The van der Waals surface area contributed by atoms with Gasteiger partial charge in [0.1, 0.15) is 6.61 Å². The molecule has 0 radical (unpaired) electrons. The molecule has 1 aromatic heterocycles. The molecule has 4 rings (SSSR count). The standard InChI is InChI=1S/C25H24Cl3N5O2S/c1-2-34-23-13-18(21(27)14-24(23)35-16-17-8-9-20(26)22(28)12-17)15-29-10-11-36-25-30-31-32-33(25)19-6-4-3-5-7-19/h3-9,12-14,29H,2,10-11,15-16H2,1H3. The van der Waals surface area contributed by atoms with Crippen molar-refractivity contribution in [1.82, 2.24) is 25.5 Å². The molecule has 0 unspecified atom stereocenters. The van der Waals surface area contributed by atoms with Crippen molar-refractivity contribution in [3.8, 4) is 17.2 Å². The molecule has 188 valence electrons. The summed E-state index contributed by atoms with van der Waals surface area (Å²) in [6, 6.07) is 18.9. The lowest BCUT2D eigenvalue weighted by Gasteiger charge is -2.15. The van der Waals surface area contributed by atoms with E-state index in [1.54, 1.807) is 34.6 Å². The van der Waals surface area contributed by atoms with Gasteiger partial charge in [-0.15, -0.1) is 5.10 Å². The Balaban J connectivity index is 1.32. The molecule has 0 saturated heterocycles. The fourth-order valence-corrected chi connectivity index (χ4v) is 4.65. The average molecular weight is 565 g/mol. The monoisotopic (exact) mass is 563 g/mol. The van der Waals surface area contributed by atoms with E-state index in [9.17, 15) is 0 Å². The summed E-state index contributed by atoms with van der Waals surface area (Å²) in [5, 5.41) is 17.7. The van der Waals surface area contributed by atoms with E-state index in [4.69, 9.17) is 44.3 Å². The van der Waals surface area contributed by atoms with Crippen LogP contribution in [0.25, 0.3) is 5.69 Å². The van der Waals surface area contributed by atoms with Gasteiger partial charge in [0.25, 0.3) is 0 Å². The van der Waals surface area contributed by atoms with Gasteiger partial charge in [-0.25, -0.2) is 0 Å². The molecule has 7 nitrogen and oxygen atoms in total. The Morgan fingerprint density at radius 3 is 2.50 bits per heavy atom. The van der Waals surface area contributed by atoms with Crippen molar-refractivity contribution in [3.05, 3.63) is 86.9 Å². The number of ether oxygens (including phenoxy) is 2. The molecule has 1 heterocycles. The molecule has 0 saturated carbocycles. The number of para-hydroxylation sites is 1. The van der Waals surface area contributed by atoms with Crippen LogP contribution in [0.4, 0.5) is 0 Å². The van der Waals surface area contributed by atoms with Crippen LogP contribution in [-0.2, 0) is 13.2 Å². The Kier molecular flexibility index (Phi) is 9.72. The number of halogens is 3. The lowest BCUT2D eigenvalue weighted by Crippen LogP contribution is -2.17. The molecule has 0 aliphatic heterocycles. The summed E-state index contributed by atoms with van der Waals surface area (Å²) >= 11 is 20.2. The maximum Gasteiger partial charge on any atom is 0.214 e. The van der Waals surface area contributed by atoms with Gasteiger partial charge in [-0.2, -0.15) is 4.68 Å². The zero-order valence-electron chi connectivity index (χ0n) is 19.5. The number of nitrogens with one attached hydrogen (secondary N) is 1. The van der Waals surface area contributed by atoms with Gasteiger partial charge in [-0.3, -0.25) is 0 Å². The third-order valence-electron chi connectivity index (χ3n) is 5.06. The largest absolute Gasteiger partial charge is 0.490 e. The molecule has 0 aliphatic rings. The normalized spacial score (nSPS) is 11.0. The van der Waals surface area contributed by atoms with Crippen molar-refractivity contribution in [2.75, 3.05) is 18.9 Å². The molecule has 4 aromatic rings. The highest BCUT2D eigenvalue weighted by atomic mass is 35.5. The molecule has 3 aromatic carbocycles. The molecule has 11 heteroatoms. The summed E-state index contributed by atoms with van der Waals surface area (Å²) in [7, 11) is 0. The third-order valence-corrected chi connectivity index (χ3v) is 7.07. The molecule has 0 bridgehead atoms. The van der Waals surface area contributed by atoms with Crippen molar-refractivity contribution in [1.29, 1.82) is 0 Å². The topological polar surface area (TPSA) is 74.1 Å². The van der Waals surface area contributed by atoms with Crippen LogP contribution in [0.3, 0.4) is 0 Å². The van der Waals surface area contributed by atoms with E-state index in [1.807, 2.05) is 49.4 Å². The van der Waals surface area contributed by atoms with Crippen molar-refractivity contribution < 1.29 is 9.47 Å². The van der Waals surface area contributed by atoms with Gasteiger partial charge in [-0.1, -0.05) is 70.8 Å². The minimum absolute atomic E-state index is 0.310. The van der Waals surface area contributed by atoms with Gasteiger partial charge >= 0.3 is 0 Å². The van der Waals surface area contributed by atoms with Crippen molar-refractivity contribution >= 4 is 46.6 Å². The van der Waals surface area contributed by atoms with Gasteiger partial charge in [0.15, 0.2) is 11.5 Å². The lowest BCUT2D eigenvalue weighted by molar-refractivity contribution is 0.269. The number of thioether (sulfide) groups is 1. The summed E-state index contributed by atoms with van der Waals surface area (Å²) in [5.74, 6) is 1.99. The molecule has 0 atom stereocenters. The van der Waals surface area contributed by atoms with E-state index < -0.39 is 0 Å². The second-order valence-corrected chi connectivity index (χ2v) is 9.88. The van der Waals surface area contributed by atoms with E-state index >= 15 is 0 Å². The van der Waals surface area contributed by atoms with Crippen molar-refractivity contribution in [3.63, 3.8) is 0 Å². The Morgan fingerprint density at radius 2 is 1.72 bits per heavy atom. The van der Waals surface area contributed by atoms with Crippen LogP contribution < -0.4 is 14.8 Å². The van der Waals surface area contributed by atoms with Gasteiger partial charge in [0, 0.05) is 29.9 Å². The molecule has 0 amide bonds. The lowest BCUT2D eigenvalue weighted by atomic mass is 10.2. The van der Waals surface area contributed by atoms with Crippen molar-refractivity contribution in [2.45, 2.75) is 25.2 Å². The van der Waals surface area contributed by atoms with Crippen LogP contribution in [-0.4, -0.2) is 39.1 Å². The van der Waals surface area contributed by atoms with Crippen molar-refractivity contribution in [2.24, 2.45) is 0 Å². The van der Waals surface area contributed by atoms with Gasteiger partial charge in [-0.05, 0) is 58.8 Å². The summed E-state index contributed by atoms with van der Waals surface area (Å²) < 4.78 is 13.5. The minimum atomic E-state index is 0.310. The molecule has 0 aliphatic carbocycles. The highest BCUT2D eigenvalue weighted by Crippen LogP contribution is 2.34. The number of nitrogens with zero attached hydrogens (tertiary/aromatic N) is 4. The van der Waals surface area contributed by atoms with Crippen LogP contribution in [0.15, 0.2) is 65.8 Å². The van der Waals surface area contributed by atoms with Crippen LogP contribution >= 0.6 is 46.6 Å². The van der Waals surface area contributed by atoms with Crippen LogP contribution in [0.1, 0.15) is 18.1 Å². The molecule has 36 heavy (non-hydrogen) atoms. The highest BCUT2D eigenvalue weighted by Gasteiger charge is 2.13. The van der Waals surface area contributed by atoms with E-state index in [-0.39, 0.29) is 0 Å². The zero-order chi connectivity index (χ0) is 25.3. The first-order valence-electron chi connectivity index (χ1n) is 11.2. The Hall–Kier alpha value is -2.49. The number of benzene rings is 3. The van der Waals surface area contributed by atoms with Gasteiger partial charge in [0.05, 0.1) is 22.3 Å². The summed E-state index contributed by atoms with van der Waals surface area (Å²) in [6.45, 7) is 4.06. The summed E-state index contributed by atoms with van der Waals surface area (Å²) in [4.78, 5) is 0. The Morgan fingerprint density at radius 1 is 0.917 bits per heavy atom. The number of hydrogen-bond donors (Lipinski definition) is 1. The molecule has 0 fully saturated rings. The molecular weight excluding hydrogens is 541 g/mol. The van der Waals surface area contributed by atoms with E-state index in [2.05, 4.69) is 20.8 Å². The van der Waals surface area contributed by atoms with Crippen LogP contribution in [0.5, 0.6) is 11.5 Å². The van der Waals surface area contributed by atoms with Crippen LogP contribution in [0.2, 0.25) is 15.1 Å². The fourth-order valence-electron chi connectivity index (χ4n) is 3.32. The average Bonchev–Trinajstić information content (AvgIpc) is 3.35. The first-order chi connectivity index (χ1) is 17.5. The highest BCUT2D eigenvalue weighted by molar-refractivity contribution is 7.99. The first kappa shape index (κ1) is 26.6. The van der Waals surface area contributed by atoms with E-state index in [0.29, 0.717) is 46.3 Å². The Labute approximate surface area is 229 Å². The van der Waals surface area contributed by atoms with E-state index in [1.165, 1.54) is 0 Å². The van der Waals surface area contributed by atoms with Gasteiger partial charge in [0.2, 0.25) is 5.16 Å².